The van der Waals surface area contributed by atoms with Gasteiger partial charge >= 0.3 is 0 Å². The third kappa shape index (κ3) is 4.66. The number of rotatable bonds is 7. The van der Waals surface area contributed by atoms with Crippen molar-refractivity contribution in [2.24, 2.45) is 5.73 Å². The molecule has 3 aromatic rings. The molecule has 0 saturated heterocycles. The van der Waals surface area contributed by atoms with Crippen LogP contribution in [0.5, 0.6) is 0 Å². The average molecular weight is 407 g/mol. The zero-order valence-corrected chi connectivity index (χ0v) is 16.9. The SMILES string of the molecule is CC(C(=O)N[C@@H](Cc1cccc(Cl)c1)C(N)=O)(c1ccccc1)c1ccccc1. The molecular formula is C24H23ClN2O2. The Bertz CT molecular complexity index is 951. The number of carbonyl (C=O) groups excluding carboxylic acids is 2. The normalized spacial score (nSPS) is 12.2. The standard InChI is InChI=1S/C24H23ClN2O2/c1-24(18-10-4-2-5-11-18,19-12-6-3-7-13-19)23(29)27-21(22(26)28)16-17-9-8-14-20(25)15-17/h2-15,21H,16H2,1H3,(H2,26,28)(H,27,29)/t21-/m0/s1. The van der Waals surface area contributed by atoms with Crippen LogP contribution in [0.2, 0.25) is 5.02 Å². The molecule has 3 aromatic carbocycles. The number of primary amides is 1. The minimum atomic E-state index is -0.982. The topological polar surface area (TPSA) is 72.2 Å². The quantitative estimate of drug-likeness (QED) is 0.625. The molecule has 0 saturated carbocycles. The molecular weight excluding hydrogens is 384 g/mol. The van der Waals surface area contributed by atoms with Crippen LogP contribution in [0.15, 0.2) is 84.9 Å². The summed E-state index contributed by atoms with van der Waals surface area (Å²) in [6.45, 7) is 1.85. The molecule has 0 radical (unpaired) electrons. The number of nitrogens with two attached hydrogens (primary N) is 1. The Morgan fingerprint density at radius 2 is 1.48 bits per heavy atom. The number of amides is 2. The lowest BCUT2D eigenvalue weighted by molar-refractivity contribution is -0.129. The molecule has 0 aliphatic rings. The zero-order chi connectivity index (χ0) is 20.9. The molecule has 1 atom stereocenters. The molecule has 5 heteroatoms. The molecule has 3 N–H and O–H groups in total. The van der Waals surface area contributed by atoms with Gasteiger partial charge in [0.25, 0.3) is 0 Å². The summed E-state index contributed by atoms with van der Waals surface area (Å²) in [7, 11) is 0. The maximum absolute atomic E-state index is 13.5. The van der Waals surface area contributed by atoms with Gasteiger partial charge in [-0.2, -0.15) is 0 Å². The highest BCUT2D eigenvalue weighted by Gasteiger charge is 2.38. The highest BCUT2D eigenvalue weighted by atomic mass is 35.5. The Labute approximate surface area is 175 Å². The summed E-state index contributed by atoms with van der Waals surface area (Å²) in [6, 6.07) is 25.3. The number of carbonyl (C=O) groups is 2. The first-order valence-corrected chi connectivity index (χ1v) is 9.75. The summed E-state index contributed by atoms with van der Waals surface area (Å²) in [5.41, 5.74) is 7.10. The summed E-state index contributed by atoms with van der Waals surface area (Å²) in [6.07, 6.45) is 0.265. The first kappa shape index (κ1) is 20.6. The van der Waals surface area contributed by atoms with Crippen molar-refractivity contribution in [2.75, 3.05) is 0 Å². The fourth-order valence-electron chi connectivity index (χ4n) is 3.40. The van der Waals surface area contributed by atoms with Crippen molar-refractivity contribution < 1.29 is 9.59 Å². The molecule has 2 amide bonds. The third-order valence-corrected chi connectivity index (χ3v) is 5.37. The van der Waals surface area contributed by atoms with Gasteiger partial charge < -0.3 is 11.1 Å². The highest BCUT2D eigenvalue weighted by Crippen LogP contribution is 2.32. The van der Waals surface area contributed by atoms with E-state index in [9.17, 15) is 9.59 Å². The minimum absolute atomic E-state index is 0.265. The van der Waals surface area contributed by atoms with Gasteiger partial charge in [-0.3, -0.25) is 9.59 Å². The van der Waals surface area contributed by atoms with E-state index in [2.05, 4.69) is 5.32 Å². The first-order chi connectivity index (χ1) is 13.9. The van der Waals surface area contributed by atoms with Gasteiger partial charge in [0.1, 0.15) is 6.04 Å². The summed E-state index contributed by atoms with van der Waals surface area (Å²) >= 11 is 6.04. The largest absolute Gasteiger partial charge is 0.368 e. The second-order valence-electron chi connectivity index (χ2n) is 7.12. The van der Waals surface area contributed by atoms with E-state index >= 15 is 0 Å². The van der Waals surface area contributed by atoms with E-state index in [-0.39, 0.29) is 12.3 Å². The van der Waals surface area contributed by atoms with Gasteiger partial charge in [0.2, 0.25) is 11.8 Å². The van der Waals surface area contributed by atoms with E-state index in [0.717, 1.165) is 16.7 Å². The average Bonchev–Trinajstić information content (AvgIpc) is 2.73. The molecule has 3 rings (SSSR count). The van der Waals surface area contributed by atoms with Gasteiger partial charge in [-0.05, 0) is 35.7 Å². The van der Waals surface area contributed by atoms with Crippen LogP contribution in [0.25, 0.3) is 0 Å². The smallest absolute Gasteiger partial charge is 0.240 e. The molecule has 0 heterocycles. The number of hydrogen-bond donors (Lipinski definition) is 2. The molecule has 4 nitrogen and oxygen atoms in total. The Hall–Kier alpha value is -3.11. The van der Waals surface area contributed by atoms with E-state index in [4.69, 9.17) is 17.3 Å². The van der Waals surface area contributed by atoms with Gasteiger partial charge in [0.05, 0.1) is 5.41 Å². The third-order valence-electron chi connectivity index (χ3n) is 5.13. The van der Waals surface area contributed by atoms with Crippen LogP contribution >= 0.6 is 11.6 Å². The van der Waals surface area contributed by atoms with Crippen molar-refractivity contribution in [3.05, 3.63) is 107 Å². The molecule has 29 heavy (non-hydrogen) atoms. The predicted octanol–water partition coefficient (Wildman–Crippen LogP) is 3.86. The van der Waals surface area contributed by atoms with Gasteiger partial charge in [0.15, 0.2) is 0 Å². The van der Waals surface area contributed by atoms with Crippen molar-refractivity contribution in [3.8, 4) is 0 Å². The van der Waals surface area contributed by atoms with Gasteiger partial charge in [-0.25, -0.2) is 0 Å². The van der Waals surface area contributed by atoms with Crippen molar-refractivity contribution >= 4 is 23.4 Å². The van der Waals surface area contributed by atoms with Crippen molar-refractivity contribution in [1.82, 2.24) is 5.32 Å². The summed E-state index contributed by atoms with van der Waals surface area (Å²) in [5.74, 6) is -0.887. The Balaban J connectivity index is 1.94. The van der Waals surface area contributed by atoms with E-state index in [1.54, 1.807) is 18.2 Å². The van der Waals surface area contributed by atoms with Crippen LogP contribution in [0, 0.1) is 0 Å². The van der Waals surface area contributed by atoms with E-state index < -0.39 is 17.4 Å². The number of benzene rings is 3. The van der Waals surface area contributed by atoms with Crippen molar-refractivity contribution in [1.29, 1.82) is 0 Å². The fourth-order valence-corrected chi connectivity index (χ4v) is 3.61. The lowest BCUT2D eigenvalue weighted by Gasteiger charge is -2.31. The Morgan fingerprint density at radius 1 is 0.931 bits per heavy atom. The van der Waals surface area contributed by atoms with Crippen LogP contribution in [0.4, 0.5) is 0 Å². The van der Waals surface area contributed by atoms with Crippen molar-refractivity contribution in [3.63, 3.8) is 0 Å². The number of halogens is 1. The molecule has 0 aliphatic carbocycles. The van der Waals surface area contributed by atoms with Gasteiger partial charge in [0, 0.05) is 11.4 Å². The molecule has 0 aromatic heterocycles. The van der Waals surface area contributed by atoms with E-state index in [1.807, 2.05) is 73.7 Å². The Morgan fingerprint density at radius 3 is 1.97 bits per heavy atom. The van der Waals surface area contributed by atoms with Crippen LogP contribution in [0.3, 0.4) is 0 Å². The molecule has 148 valence electrons. The number of nitrogens with one attached hydrogen (secondary N) is 1. The monoisotopic (exact) mass is 406 g/mol. The molecule has 0 unspecified atom stereocenters. The van der Waals surface area contributed by atoms with Crippen LogP contribution in [0.1, 0.15) is 23.6 Å². The first-order valence-electron chi connectivity index (χ1n) is 9.37. The highest BCUT2D eigenvalue weighted by molar-refractivity contribution is 6.30. The summed E-state index contributed by atoms with van der Waals surface area (Å²) in [5, 5.41) is 3.43. The molecule has 0 spiro atoms. The Kier molecular flexibility index (Phi) is 6.35. The number of hydrogen-bond acceptors (Lipinski definition) is 2. The fraction of sp³-hybridized carbons (Fsp3) is 0.167. The van der Waals surface area contributed by atoms with Crippen LogP contribution in [-0.4, -0.2) is 17.9 Å². The second-order valence-corrected chi connectivity index (χ2v) is 7.56. The second kappa shape index (κ2) is 8.93. The zero-order valence-electron chi connectivity index (χ0n) is 16.1. The lowest BCUT2D eigenvalue weighted by atomic mass is 9.75. The van der Waals surface area contributed by atoms with Crippen LogP contribution < -0.4 is 11.1 Å². The maximum atomic E-state index is 13.5. The van der Waals surface area contributed by atoms with Gasteiger partial charge in [-0.15, -0.1) is 0 Å². The van der Waals surface area contributed by atoms with Crippen molar-refractivity contribution in [2.45, 2.75) is 24.8 Å². The minimum Gasteiger partial charge on any atom is -0.368 e. The maximum Gasteiger partial charge on any atom is 0.240 e. The molecule has 0 aliphatic heterocycles. The van der Waals surface area contributed by atoms with Gasteiger partial charge in [-0.1, -0.05) is 84.4 Å². The van der Waals surface area contributed by atoms with E-state index in [1.165, 1.54) is 0 Å². The van der Waals surface area contributed by atoms with Crippen LogP contribution in [-0.2, 0) is 21.4 Å². The molecule has 0 bridgehead atoms. The summed E-state index contributed by atoms with van der Waals surface area (Å²) in [4.78, 5) is 25.6. The lowest BCUT2D eigenvalue weighted by Crippen LogP contribution is -2.52. The van der Waals surface area contributed by atoms with E-state index in [0.29, 0.717) is 5.02 Å². The predicted molar refractivity (Wildman–Crippen MR) is 116 cm³/mol. The summed E-state index contributed by atoms with van der Waals surface area (Å²) < 4.78 is 0. The molecule has 0 fully saturated rings.